The van der Waals surface area contributed by atoms with Crippen LogP contribution in [0.15, 0.2) is 34.1 Å². The fraction of sp³-hybridized carbons (Fsp3) is 0.500. The van der Waals surface area contributed by atoms with Gasteiger partial charge in [0.15, 0.2) is 0 Å². The Morgan fingerprint density at radius 1 is 1.19 bits per heavy atom. The number of pyridine rings is 1. The molecule has 31 heavy (non-hydrogen) atoms. The molecule has 0 aliphatic rings. The summed E-state index contributed by atoms with van der Waals surface area (Å²) in [6.45, 7) is 11.1. The molecule has 0 aliphatic heterocycles. The third kappa shape index (κ3) is 5.79. The number of rotatable bonds is 11. The van der Waals surface area contributed by atoms with E-state index in [1.165, 1.54) is 12.8 Å². The highest BCUT2D eigenvalue weighted by Gasteiger charge is 2.22. The summed E-state index contributed by atoms with van der Waals surface area (Å²) in [7, 11) is 0. The highest BCUT2D eigenvalue weighted by atomic mass is 32.1. The van der Waals surface area contributed by atoms with Gasteiger partial charge in [-0.3, -0.25) is 4.98 Å². The molecule has 6 nitrogen and oxygen atoms in total. The summed E-state index contributed by atoms with van der Waals surface area (Å²) < 4.78 is 6.08. The number of thiazole rings is 1. The third-order valence-electron chi connectivity index (χ3n) is 5.38. The molecule has 3 rings (SSSR count). The molecule has 166 valence electrons. The minimum Gasteiger partial charge on any atom is -0.440 e. The summed E-state index contributed by atoms with van der Waals surface area (Å²) in [6, 6.07) is 3.92. The van der Waals surface area contributed by atoms with Crippen LogP contribution in [0.1, 0.15) is 70.0 Å². The van der Waals surface area contributed by atoms with Crippen LogP contribution < -0.4 is 0 Å². The van der Waals surface area contributed by atoms with Crippen LogP contribution in [-0.4, -0.2) is 27.3 Å². The van der Waals surface area contributed by atoms with E-state index in [9.17, 15) is 0 Å². The van der Waals surface area contributed by atoms with E-state index in [4.69, 9.17) is 19.2 Å². The molecule has 0 unspecified atom stereocenters. The fourth-order valence-electron chi connectivity index (χ4n) is 3.43. The Bertz CT molecular complexity index is 990. The first kappa shape index (κ1) is 23.1. The van der Waals surface area contributed by atoms with Gasteiger partial charge in [0.1, 0.15) is 33.7 Å². The van der Waals surface area contributed by atoms with Gasteiger partial charge in [0.25, 0.3) is 0 Å². The maximum atomic E-state index is 6.08. The van der Waals surface area contributed by atoms with Crippen molar-refractivity contribution in [2.75, 3.05) is 6.61 Å². The highest BCUT2D eigenvalue weighted by Crippen LogP contribution is 2.35. The number of hydrogen-bond acceptors (Lipinski definition) is 7. The Morgan fingerprint density at radius 3 is 2.68 bits per heavy atom. The van der Waals surface area contributed by atoms with E-state index in [2.05, 4.69) is 30.9 Å². The van der Waals surface area contributed by atoms with E-state index in [1.807, 2.05) is 32.2 Å². The number of aryl methyl sites for hydroxylation is 2. The van der Waals surface area contributed by atoms with Crippen molar-refractivity contribution in [2.24, 2.45) is 11.1 Å². The average molecular weight is 441 g/mol. The maximum absolute atomic E-state index is 6.08. The zero-order valence-corrected chi connectivity index (χ0v) is 20.0. The van der Waals surface area contributed by atoms with Gasteiger partial charge in [0.2, 0.25) is 5.89 Å². The Labute approximate surface area is 188 Å². The quantitative estimate of drug-likeness (QED) is 0.186. The number of nitrogens with zero attached hydrogens (tertiary/aromatic N) is 4. The zero-order valence-electron chi connectivity index (χ0n) is 19.1. The summed E-state index contributed by atoms with van der Waals surface area (Å²) in [5.41, 5.74) is 3.54. The highest BCUT2D eigenvalue weighted by molar-refractivity contribution is 7.18. The Balaban J connectivity index is 1.90. The van der Waals surface area contributed by atoms with Gasteiger partial charge in [0.05, 0.1) is 5.69 Å². The van der Waals surface area contributed by atoms with Crippen molar-refractivity contribution >= 4 is 17.0 Å². The number of aromatic nitrogens is 3. The number of oxime groups is 1. The molecule has 0 saturated heterocycles. The predicted octanol–water partition coefficient (Wildman–Crippen LogP) is 6.82. The lowest BCUT2D eigenvalue weighted by Crippen LogP contribution is -2.08. The van der Waals surface area contributed by atoms with Crippen LogP contribution in [0, 0.1) is 19.8 Å². The van der Waals surface area contributed by atoms with Gasteiger partial charge in [-0.25, -0.2) is 9.97 Å². The third-order valence-corrected chi connectivity index (χ3v) is 6.58. The summed E-state index contributed by atoms with van der Waals surface area (Å²) >= 11 is 1.57. The average Bonchev–Trinajstić information content (AvgIpc) is 3.36. The molecule has 0 fully saturated rings. The van der Waals surface area contributed by atoms with Crippen LogP contribution in [0.2, 0.25) is 0 Å². The monoisotopic (exact) mass is 440 g/mol. The summed E-state index contributed by atoms with van der Waals surface area (Å²) in [4.78, 5) is 20.2. The molecule has 0 aliphatic carbocycles. The normalized spacial score (nSPS) is 12.0. The van der Waals surface area contributed by atoms with Gasteiger partial charge in [0, 0.05) is 18.0 Å². The molecule has 0 radical (unpaired) electrons. The minimum absolute atomic E-state index is 0.586. The van der Waals surface area contributed by atoms with Crippen LogP contribution >= 0.6 is 11.3 Å². The Morgan fingerprint density at radius 2 is 2.00 bits per heavy atom. The molecular formula is C24H32N4O2S. The van der Waals surface area contributed by atoms with Gasteiger partial charge in [-0.1, -0.05) is 38.8 Å². The molecule has 0 atom stereocenters. The standard InChI is InChI=1S/C24H32N4O2S/c1-6-14-29-28-20(12-11-18(7-2)8-3)21-17(5)30-23(27-21)22-16(4)26-24(31-22)19-10-9-13-25-15-19/h9-10,13,15,18H,6-8,11-12,14H2,1-5H3/b28-20+. The molecule has 0 bridgehead atoms. The second-order valence-corrected chi connectivity index (χ2v) is 8.69. The van der Waals surface area contributed by atoms with Gasteiger partial charge in [-0.2, -0.15) is 0 Å². The van der Waals surface area contributed by atoms with Crippen molar-refractivity contribution in [1.82, 2.24) is 15.0 Å². The second-order valence-electron chi connectivity index (χ2n) is 7.69. The van der Waals surface area contributed by atoms with Gasteiger partial charge in [-0.15, -0.1) is 11.3 Å². The lowest BCUT2D eigenvalue weighted by Gasteiger charge is -2.12. The van der Waals surface area contributed by atoms with E-state index in [0.717, 1.165) is 57.6 Å². The number of oxazole rings is 1. The molecule has 3 aromatic rings. The van der Waals surface area contributed by atoms with E-state index < -0.39 is 0 Å². The molecule has 0 saturated carbocycles. The lowest BCUT2D eigenvalue weighted by molar-refractivity contribution is 0.144. The molecule has 0 amide bonds. The number of hydrogen-bond donors (Lipinski definition) is 0. The van der Waals surface area contributed by atoms with Crippen molar-refractivity contribution < 1.29 is 9.25 Å². The topological polar surface area (TPSA) is 73.4 Å². The van der Waals surface area contributed by atoms with Crippen LogP contribution in [0.25, 0.3) is 21.3 Å². The minimum atomic E-state index is 0.586. The largest absolute Gasteiger partial charge is 0.440 e. The first-order chi connectivity index (χ1) is 15.1. The fourth-order valence-corrected chi connectivity index (χ4v) is 4.41. The first-order valence-electron chi connectivity index (χ1n) is 11.1. The molecule has 3 heterocycles. The van der Waals surface area contributed by atoms with Gasteiger partial charge in [-0.05, 0) is 51.2 Å². The summed E-state index contributed by atoms with van der Waals surface area (Å²) in [5.74, 6) is 2.02. The Hall–Kier alpha value is -2.54. The van der Waals surface area contributed by atoms with Crippen LogP contribution in [-0.2, 0) is 4.84 Å². The molecule has 0 aromatic carbocycles. The molecule has 3 aromatic heterocycles. The summed E-state index contributed by atoms with van der Waals surface area (Å²) in [6.07, 6.45) is 8.72. The van der Waals surface area contributed by atoms with Gasteiger partial charge >= 0.3 is 0 Å². The SMILES string of the molecule is CCCO/N=C(\CCC(CC)CC)c1nc(-c2sc(-c3cccnc3)nc2C)oc1C. The molecule has 0 N–H and O–H groups in total. The van der Waals surface area contributed by atoms with Crippen molar-refractivity contribution in [3.8, 4) is 21.3 Å². The smallest absolute Gasteiger partial charge is 0.239 e. The van der Waals surface area contributed by atoms with Crippen LogP contribution in [0.5, 0.6) is 0 Å². The molecular weight excluding hydrogens is 408 g/mol. The van der Waals surface area contributed by atoms with Crippen LogP contribution in [0.3, 0.4) is 0 Å². The van der Waals surface area contributed by atoms with Crippen molar-refractivity contribution in [1.29, 1.82) is 0 Å². The van der Waals surface area contributed by atoms with Crippen molar-refractivity contribution in [3.05, 3.63) is 41.7 Å². The van der Waals surface area contributed by atoms with Crippen molar-refractivity contribution in [3.63, 3.8) is 0 Å². The summed E-state index contributed by atoms with van der Waals surface area (Å²) in [5, 5.41) is 5.35. The van der Waals surface area contributed by atoms with E-state index >= 15 is 0 Å². The van der Waals surface area contributed by atoms with Gasteiger partial charge < -0.3 is 9.25 Å². The lowest BCUT2D eigenvalue weighted by atomic mass is 9.95. The van der Waals surface area contributed by atoms with Crippen LogP contribution in [0.4, 0.5) is 0 Å². The zero-order chi connectivity index (χ0) is 22.2. The predicted molar refractivity (Wildman–Crippen MR) is 126 cm³/mol. The Kier molecular flexibility index (Phi) is 8.35. The second kappa shape index (κ2) is 11.2. The first-order valence-corrected chi connectivity index (χ1v) is 11.9. The van der Waals surface area contributed by atoms with Crippen molar-refractivity contribution in [2.45, 2.75) is 66.7 Å². The maximum Gasteiger partial charge on any atom is 0.239 e. The van der Waals surface area contributed by atoms with E-state index in [0.29, 0.717) is 18.4 Å². The molecule has 0 spiro atoms. The van der Waals surface area contributed by atoms with E-state index in [1.54, 1.807) is 17.5 Å². The molecule has 7 heteroatoms. The van der Waals surface area contributed by atoms with E-state index in [-0.39, 0.29) is 0 Å².